The fourth-order valence-corrected chi connectivity index (χ4v) is 1.89. The van der Waals surface area contributed by atoms with Crippen LogP contribution in [0.4, 0.5) is 0 Å². The number of hydrogen-bond acceptors (Lipinski definition) is 2. The van der Waals surface area contributed by atoms with E-state index in [0.717, 1.165) is 17.0 Å². The molecule has 0 spiro atoms. The quantitative estimate of drug-likeness (QED) is 0.816. The first-order chi connectivity index (χ1) is 7.89. The summed E-state index contributed by atoms with van der Waals surface area (Å²) in [6.45, 7) is 8.26. The Morgan fingerprint density at radius 2 is 1.82 bits per heavy atom. The van der Waals surface area contributed by atoms with Crippen molar-refractivity contribution < 1.29 is 5.11 Å². The SMILES string of the molecule is Cc1cc(-c2ccccc2O)n(C(C)(C)C)n1. The Hall–Kier alpha value is -1.77. The molecule has 2 rings (SSSR count). The van der Waals surface area contributed by atoms with E-state index in [9.17, 15) is 5.11 Å². The third kappa shape index (κ3) is 2.18. The van der Waals surface area contributed by atoms with Gasteiger partial charge < -0.3 is 5.11 Å². The lowest BCUT2D eigenvalue weighted by atomic mass is 10.1. The molecule has 0 radical (unpaired) electrons. The van der Waals surface area contributed by atoms with E-state index in [0.29, 0.717) is 0 Å². The average molecular weight is 230 g/mol. The number of aromatic nitrogens is 2. The van der Waals surface area contributed by atoms with Crippen LogP contribution in [-0.4, -0.2) is 14.9 Å². The number of hydrogen-bond donors (Lipinski definition) is 1. The highest BCUT2D eigenvalue weighted by molar-refractivity contribution is 5.67. The Kier molecular flexibility index (Phi) is 2.69. The summed E-state index contributed by atoms with van der Waals surface area (Å²) in [7, 11) is 0. The second kappa shape index (κ2) is 3.91. The summed E-state index contributed by atoms with van der Waals surface area (Å²) in [5.74, 6) is 0.290. The predicted molar refractivity (Wildman–Crippen MR) is 69.1 cm³/mol. The Morgan fingerprint density at radius 3 is 2.41 bits per heavy atom. The summed E-state index contributed by atoms with van der Waals surface area (Å²) in [4.78, 5) is 0. The number of nitrogens with zero attached hydrogens (tertiary/aromatic N) is 2. The van der Waals surface area contributed by atoms with Gasteiger partial charge in [0.1, 0.15) is 5.75 Å². The minimum Gasteiger partial charge on any atom is -0.507 e. The monoisotopic (exact) mass is 230 g/mol. The van der Waals surface area contributed by atoms with E-state index >= 15 is 0 Å². The van der Waals surface area contributed by atoms with Crippen molar-refractivity contribution >= 4 is 0 Å². The molecular formula is C14H18N2O. The van der Waals surface area contributed by atoms with Crippen LogP contribution in [0.15, 0.2) is 30.3 Å². The predicted octanol–water partition coefficient (Wildman–Crippen LogP) is 3.32. The van der Waals surface area contributed by atoms with E-state index in [1.165, 1.54) is 0 Å². The fraction of sp³-hybridized carbons (Fsp3) is 0.357. The first-order valence-corrected chi connectivity index (χ1v) is 5.75. The zero-order valence-electron chi connectivity index (χ0n) is 10.7. The van der Waals surface area contributed by atoms with E-state index in [2.05, 4.69) is 25.9 Å². The average Bonchev–Trinajstić information content (AvgIpc) is 2.60. The maximum atomic E-state index is 9.92. The highest BCUT2D eigenvalue weighted by Crippen LogP contribution is 2.32. The lowest BCUT2D eigenvalue weighted by Crippen LogP contribution is -2.24. The van der Waals surface area contributed by atoms with Crippen LogP contribution < -0.4 is 0 Å². The van der Waals surface area contributed by atoms with Crippen LogP contribution in [0.5, 0.6) is 5.75 Å². The van der Waals surface area contributed by atoms with Crippen LogP contribution >= 0.6 is 0 Å². The summed E-state index contributed by atoms with van der Waals surface area (Å²) in [5.41, 5.74) is 2.63. The van der Waals surface area contributed by atoms with Crippen molar-refractivity contribution in [3.05, 3.63) is 36.0 Å². The van der Waals surface area contributed by atoms with Gasteiger partial charge in [0.15, 0.2) is 0 Å². The molecule has 2 aromatic rings. The number of aromatic hydroxyl groups is 1. The van der Waals surface area contributed by atoms with Gasteiger partial charge in [-0.1, -0.05) is 12.1 Å². The van der Waals surface area contributed by atoms with Crippen molar-refractivity contribution in [2.24, 2.45) is 0 Å². The zero-order chi connectivity index (χ0) is 12.6. The van der Waals surface area contributed by atoms with Crippen LogP contribution in [0.25, 0.3) is 11.3 Å². The minimum atomic E-state index is -0.105. The van der Waals surface area contributed by atoms with Crippen LogP contribution in [0.3, 0.4) is 0 Å². The number of para-hydroxylation sites is 1. The molecule has 0 saturated heterocycles. The van der Waals surface area contributed by atoms with Gasteiger partial charge in [0.25, 0.3) is 0 Å². The van der Waals surface area contributed by atoms with E-state index in [1.54, 1.807) is 6.07 Å². The molecule has 3 heteroatoms. The molecule has 0 aliphatic rings. The molecule has 0 atom stereocenters. The van der Waals surface area contributed by atoms with Crippen molar-refractivity contribution in [3.63, 3.8) is 0 Å². The molecule has 1 heterocycles. The van der Waals surface area contributed by atoms with E-state index in [4.69, 9.17) is 0 Å². The molecule has 1 aromatic carbocycles. The van der Waals surface area contributed by atoms with Crippen molar-refractivity contribution in [1.82, 2.24) is 9.78 Å². The molecule has 0 aliphatic carbocycles. The molecule has 1 aromatic heterocycles. The molecular weight excluding hydrogens is 212 g/mol. The normalized spacial score (nSPS) is 11.8. The van der Waals surface area contributed by atoms with Gasteiger partial charge in [0, 0.05) is 5.56 Å². The molecule has 0 fully saturated rings. The van der Waals surface area contributed by atoms with Gasteiger partial charge in [0.2, 0.25) is 0 Å². The lowest BCUT2D eigenvalue weighted by Gasteiger charge is -2.22. The topological polar surface area (TPSA) is 38.0 Å². The fourth-order valence-electron chi connectivity index (χ4n) is 1.89. The molecule has 0 amide bonds. The smallest absolute Gasteiger partial charge is 0.124 e. The van der Waals surface area contributed by atoms with E-state index in [1.807, 2.05) is 35.9 Å². The highest BCUT2D eigenvalue weighted by Gasteiger charge is 2.20. The molecule has 90 valence electrons. The van der Waals surface area contributed by atoms with Crippen molar-refractivity contribution in [2.75, 3.05) is 0 Å². The molecule has 0 saturated carbocycles. The Labute approximate surface area is 102 Å². The third-order valence-electron chi connectivity index (χ3n) is 2.65. The van der Waals surface area contributed by atoms with Gasteiger partial charge in [0.05, 0.1) is 16.9 Å². The molecule has 0 unspecified atom stereocenters. The minimum absolute atomic E-state index is 0.105. The highest BCUT2D eigenvalue weighted by atomic mass is 16.3. The number of rotatable bonds is 1. The molecule has 0 aliphatic heterocycles. The zero-order valence-corrected chi connectivity index (χ0v) is 10.7. The summed E-state index contributed by atoms with van der Waals surface area (Å²) < 4.78 is 1.96. The summed E-state index contributed by atoms with van der Waals surface area (Å²) in [5, 5.41) is 14.4. The van der Waals surface area contributed by atoms with Gasteiger partial charge >= 0.3 is 0 Å². The van der Waals surface area contributed by atoms with Gasteiger partial charge in [-0.3, -0.25) is 4.68 Å². The van der Waals surface area contributed by atoms with Crippen LogP contribution in [0.2, 0.25) is 0 Å². The standard InChI is InChI=1S/C14H18N2O/c1-10-9-12(16(15-10)14(2,3)4)11-7-5-6-8-13(11)17/h5-9,17H,1-4H3. The van der Waals surface area contributed by atoms with Gasteiger partial charge in [-0.2, -0.15) is 5.10 Å². The second-order valence-corrected chi connectivity index (χ2v) is 5.27. The van der Waals surface area contributed by atoms with E-state index < -0.39 is 0 Å². The van der Waals surface area contributed by atoms with Crippen molar-refractivity contribution in [1.29, 1.82) is 0 Å². The van der Waals surface area contributed by atoms with Gasteiger partial charge in [-0.25, -0.2) is 0 Å². The number of phenolic OH excluding ortho intramolecular Hbond substituents is 1. The number of benzene rings is 1. The van der Waals surface area contributed by atoms with Crippen LogP contribution in [-0.2, 0) is 5.54 Å². The van der Waals surface area contributed by atoms with Crippen LogP contribution in [0, 0.1) is 6.92 Å². The summed E-state index contributed by atoms with van der Waals surface area (Å²) >= 11 is 0. The largest absolute Gasteiger partial charge is 0.507 e. The van der Waals surface area contributed by atoms with Gasteiger partial charge in [-0.15, -0.1) is 0 Å². The molecule has 17 heavy (non-hydrogen) atoms. The van der Waals surface area contributed by atoms with Gasteiger partial charge in [-0.05, 0) is 45.9 Å². The molecule has 1 N–H and O–H groups in total. The van der Waals surface area contributed by atoms with Crippen LogP contribution in [0.1, 0.15) is 26.5 Å². The Morgan fingerprint density at radius 1 is 1.18 bits per heavy atom. The Bertz CT molecular complexity index is 535. The summed E-state index contributed by atoms with van der Waals surface area (Å²) in [6.07, 6.45) is 0. The first-order valence-electron chi connectivity index (χ1n) is 5.75. The van der Waals surface area contributed by atoms with E-state index in [-0.39, 0.29) is 11.3 Å². The maximum absolute atomic E-state index is 9.92. The number of phenols is 1. The first kappa shape index (κ1) is 11.7. The third-order valence-corrected chi connectivity index (χ3v) is 2.65. The van der Waals surface area contributed by atoms with Crippen molar-refractivity contribution in [3.8, 4) is 17.0 Å². The van der Waals surface area contributed by atoms with Crippen molar-refractivity contribution in [2.45, 2.75) is 33.2 Å². The molecule has 3 nitrogen and oxygen atoms in total. The molecule has 0 bridgehead atoms. The summed E-state index contributed by atoms with van der Waals surface area (Å²) in [6, 6.07) is 9.35. The second-order valence-electron chi connectivity index (χ2n) is 5.27. The lowest BCUT2D eigenvalue weighted by molar-refractivity contribution is 0.358. The Balaban J connectivity index is 2.64. The number of aryl methyl sites for hydroxylation is 1. The maximum Gasteiger partial charge on any atom is 0.124 e.